The monoisotopic (exact) mass is 259 g/mol. The van der Waals surface area contributed by atoms with Crippen LogP contribution >= 0.6 is 0 Å². The lowest BCUT2D eigenvalue weighted by atomic mass is 9.77. The Morgan fingerprint density at radius 2 is 1.89 bits per heavy atom. The fourth-order valence-electron chi connectivity index (χ4n) is 3.58. The van der Waals surface area contributed by atoms with E-state index in [0.29, 0.717) is 0 Å². The molecular formula is C16H21NO2. The van der Waals surface area contributed by atoms with E-state index in [2.05, 4.69) is 5.32 Å². The molecule has 0 bridgehead atoms. The lowest BCUT2D eigenvalue weighted by Gasteiger charge is -2.30. The van der Waals surface area contributed by atoms with E-state index in [0.717, 1.165) is 42.5 Å². The van der Waals surface area contributed by atoms with Gasteiger partial charge in [-0.3, -0.25) is 4.79 Å². The van der Waals surface area contributed by atoms with Crippen LogP contribution in [0.5, 0.6) is 0 Å². The van der Waals surface area contributed by atoms with Crippen LogP contribution in [0.2, 0.25) is 0 Å². The van der Waals surface area contributed by atoms with Crippen LogP contribution in [0.3, 0.4) is 0 Å². The number of benzene rings is 1. The van der Waals surface area contributed by atoms with E-state index in [9.17, 15) is 9.90 Å². The molecule has 3 nitrogen and oxygen atoms in total. The van der Waals surface area contributed by atoms with Gasteiger partial charge < -0.3 is 10.4 Å². The van der Waals surface area contributed by atoms with Gasteiger partial charge in [0.2, 0.25) is 0 Å². The number of carbonyl (C=O) groups is 1. The number of carbonyl (C=O) groups excluding carboxylic acids is 1. The van der Waals surface area contributed by atoms with Crippen molar-refractivity contribution in [3.63, 3.8) is 0 Å². The highest BCUT2D eigenvalue weighted by molar-refractivity contribution is 6.05. The quantitative estimate of drug-likeness (QED) is 0.761. The van der Waals surface area contributed by atoms with Gasteiger partial charge in [0, 0.05) is 11.5 Å². The number of aryl methyl sites for hydroxylation is 1. The Hall–Kier alpha value is -1.35. The van der Waals surface area contributed by atoms with Crippen LogP contribution in [0, 0.1) is 12.8 Å². The minimum Gasteiger partial charge on any atom is -0.375 e. The van der Waals surface area contributed by atoms with Crippen molar-refractivity contribution in [2.24, 2.45) is 5.92 Å². The van der Waals surface area contributed by atoms with E-state index >= 15 is 0 Å². The van der Waals surface area contributed by atoms with Crippen LogP contribution in [0.4, 0.5) is 5.69 Å². The summed E-state index contributed by atoms with van der Waals surface area (Å²) in [5.41, 5.74) is 1.31. The van der Waals surface area contributed by atoms with Gasteiger partial charge in [0.25, 0.3) is 5.91 Å². The Bertz CT molecular complexity index is 503. The molecule has 2 aliphatic rings. The van der Waals surface area contributed by atoms with Crippen LogP contribution in [0.15, 0.2) is 18.2 Å². The van der Waals surface area contributed by atoms with E-state index in [-0.39, 0.29) is 11.8 Å². The molecule has 1 amide bonds. The van der Waals surface area contributed by atoms with Gasteiger partial charge in [-0.15, -0.1) is 0 Å². The van der Waals surface area contributed by atoms with E-state index in [1.807, 2.05) is 25.1 Å². The summed E-state index contributed by atoms with van der Waals surface area (Å²) in [6, 6.07) is 5.79. The molecule has 1 aliphatic heterocycles. The summed E-state index contributed by atoms with van der Waals surface area (Å²) in [5, 5.41) is 14.0. The van der Waals surface area contributed by atoms with Crippen LogP contribution < -0.4 is 5.32 Å². The highest BCUT2D eigenvalue weighted by Gasteiger charge is 2.50. The van der Waals surface area contributed by atoms with Crippen molar-refractivity contribution in [1.82, 2.24) is 0 Å². The Kier molecular flexibility index (Phi) is 3.09. The topological polar surface area (TPSA) is 49.3 Å². The Morgan fingerprint density at radius 3 is 2.58 bits per heavy atom. The molecule has 3 heteroatoms. The molecule has 0 saturated heterocycles. The SMILES string of the molecule is Cc1cccc2c1NC(=O)C2(O)C1CCCCCC1. The fraction of sp³-hybridized carbons (Fsp3) is 0.562. The number of aliphatic hydroxyl groups is 1. The smallest absolute Gasteiger partial charge is 0.261 e. The van der Waals surface area contributed by atoms with E-state index in [1.54, 1.807) is 0 Å². The second-order valence-electron chi connectivity index (χ2n) is 5.91. The molecule has 1 atom stereocenters. The zero-order valence-corrected chi connectivity index (χ0v) is 11.4. The Balaban J connectivity index is 2.03. The summed E-state index contributed by atoms with van der Waals surface area (Å²) < 4.78 is 0. The van der Waals surface area contributed by atoms with Crippen molar-refractivity contribution < 1.29 is 9.90 Å². The van der Waals surface area contributed by atoms with E-state index in [1.165, 1.54) is 12.8 Å². The number of fused-ring (bicyclic) bond motifs is 1. The molecule has 1 fully saturated rings. The summed E-state index contributed by atoms with van der Waals surface area (Å²) >= 11 is 0. The van der Waals surface area contributed by atoms with Crippen LogP contribution in [0.1, 0.15) is 49.7 Å². The van der Waals surface area contributed by atoms with Crippen molar-refractivity contribution in [2.75, 3.05) is 5.32 Å². The number of rotatable bonds is 1. The predicted molar refractivity (Wildman–Crippen MR) is 74.9 cm³/mol. The first-order valence-corrected chi connectivity index (χ1v) is 7.28. The summed E-state index contributed by atoms with van der Waals surface area (Å²) in [6.07, 6.45) is 6.54. The first kappa shape index (κ1) is 12.7. The minimum absolute atomic E-state index is 0.0537. The molecule has 2 N–H and O–H groups in total. The zero-order valence-electron chi connectivity index (χ0n) is 11.4. The number of hydrogen-bond acceptors (Lipinski definition) is 2. The normalized spacial score (nSPS) is 27.8. The highest BCUT2D eigenvalue weighted by atomic mass is 16.3. The molecule has 1 saturated carbocycles. The summed E-state index contributed by atoms with van der Waals surface area (Å²) in [6.45, 7) is 1.97. The molecule has 102 valence electrons. The third-order valence-corrected chi connectivity index (χ3v) is 4.71. The van der Waals surface area contributed by atoms with Gasteiger partial charge in [-0.1, -0.05) is 43.9 Å². The van der Waals surface area contributed by atoms with Crippen LogP contribution in [-0.2, 0) is 10.4 Å². The molecule has 0 spiro atoms. The maximum Gasteiger partial charge on any atom is 0.261 e. The maximum atomic E-state index is 12.4. The lowest BCUT2D eigenvalue weighted by molar-refractivity contribution is -0.140. The van der Waals surface area contributed by atoms with Gasteiger partial charge in [-0.2, -0.15) is 0 Å². The lowest BCUT2D eigenvalue weighted by Crippen LogP contribution is -2.41. The van der Waals surface area contributed by atoms with Crippen LogP contribution in [0.25, 0.3) is 0 Å². The number of anilines is 1. The van der Waals surface area contributed by atoms with Gasteiger partial charge >= 0.3 is 0 Å². The molecule has 19 heavy (non-hydrogen) atoms. The second-order valence-corrected chi connectivity index (χ2v) is 5.91. The van der Waals surface area contributed by atoms with Gasteiger partial charge in [0.05, 0.1) is 5.69 Å². The van der Waals surface area contributed by atoms with Crippen molar-refractivity contribution >= 4 is 11.6 Å². The highest BCUT2D eigenvalue weighted by Crippen LogP contribution is 2.46. The number of para-hydroxylation sites is 1. The predicted octanol–water partition coefficient (Wildman–Crippen LogP) is 3.11. The number of nitrogens with one attached hydrogen (secondary N) is 1. The standard InChI is InChI=1S/C16H21NO2/c1-11-7-6-10-13-14(11)17-15(18)16(13,19)12-8-4-2-3-5-9-12/h6-7,10,12,19H,2-5,8-9H2,1H3,(H,17,18). The summed E-state index contributed by atoms with van der Waals surface area (Å²) in [4.78, 5) is 12.4. The van der Waals surface area contributed by atoms with Crippen molar-refractivity contribution in [3.05, 3.63) is 29.3 Å². The molecule has 1 aromatic rings. The van der Waals surface area contributed by atoms with Gasteiger partial charge in [-0.05, 0) is 25.3 Å². The fourth-order valence-corrected chi connectivity index (χ4v) is 3.58. The van der Waals surface area contributed by atoms with Crippen molar-refractivity contribution in [2.45, 2.75) is 51.0 Å². The second kappa shape index (κ2) is 4.64. The average molecular weight is 259 g/mol. The van der Waals surface area contributed by atoms with Gasteiger partial charge in [0.1, 0.15) is 0 Å². The number of amides is 1. The van der Waals surface area contributed by atoms with Gasteiger partial charge in [-0.25, -0.2) is 0 Å². The summed E-state index contributed by atoms with van der Waals surface area (Å²) in [5.74, 6) is -0.179. The first-order valence-electron chi connectivity index (χ1n) is 7.28. The van der Waals surface area contributed by atoms with Crippen LogP contribution in [-0.4, -0.2) is 11.0 Å². The largest absolute Gasteiger partial charge is 0.375 e. The minimum atomic E-state index is -1.31. The maximum absolute atomic E-state index is 12.4. The zero-order chi connectivity index (χ0) is 13.5. The number of hydrogen-bond donors (Lipinski definition) is 2. The Morgan fingerprint density at radius 1 is 1.21 bits per heavy atom. The summed E-state index contributed by atoms with van der Waals surface area (Å²) in [7, 11) is 0. The molecule has 1 aliphatic carbocycles. The molecule has 0 radical (unpaired) electrons. The molecule has 3 rings (SSSR count). The van der Waals surface area contributed by atoms with Gasteiger partial charge in [0.15, 0.2) is 5.60 Å². The van der Waals surface area contributed by atoms with E-state index < -0.39 is 5.60 Å². The third kappa shape index (κ3) is 1.88. The molecule has 1 unspecified atom stereocenters. The van der Waals surface area contributed by atoms with Crippen molar-refractivity contribution in [3.8, 4) is 0 Å². The molecule has 1 heterocycles. The van der Waals surface area contributed by atoms with E-state index in [4.69, 9.17) is 0 Å². The Labute approximate surface area is 114 Å². The molecular weight excluding hydrogens is 238 g/mol. The first-order chi connectivity index (χ1) is 9.14. The van der Waals surface area contributed by atoms with Crippen molar-refractivity contribution in [1.29, 1.82) is 0 Å². The third-order valence-electron chi connectivity index (χ3n) is 4.71. The molecule has 0 aromatic heterocycles. The molecule has 1 aromatic carbocycles. The average Bonchev–Trinajstić information content (AvgIpc) is 2.62.